The molecule has 7 nitrogen and oxygen atoms in total. The SMILES string of the molecule is Cn1cc([N+](=O)[O-])c(C(=O)Nc2c(F)c(F)c(Br)c(F)c2F)n1. The molecule has 1 N–H and O–H groups in total. The molecule has 0 spiro atoms. The van der Waals surface area contributed by atoms with Gasteiger partial charge in [0.05, 0.1) is 9.40 Å². The van der Waals surface area contributed by atoms with Crippen molar-refractivity contribution in [2.45, 2.75) is 0 Å². The highest BCUT2D eigenvalue weighted by molar-refractivity contribution is 9.10. The summed E-state index contributed by atoms with van der Waals surface area (Å²) in [6.07, 6.45) is 0.879. The molecule has 1 aromatic heterocycles. The van der Waals surface area contributed by atoms with E-state index in [-0.39, 0.29) is 0 Å². The first kappa shape index (κ1) is 16.9. The number of nitro groups is 1. The fourth-order valence-corrected chi connectivity index (χ4v) is 2.01. The van der Waals surface area contributed by atoms with E-state index in [1.807, 2.05) is 0 Å². The van der Waals surface area contributed by atoms with E-state index >= 15 is 0 Å². The second kappa shape index (κ2) is 5.95. The summed E-state index contributed by atoms with van der Waals surface area (Å²) in [4.78, 5) is 21.7. The predicted octanol–water partition coefficient (Wildman–Crippen LogP) is 2.90. The number of hydrogen-bond acceptors (Lipinski definition) is 4. The molecule has 2 aromatic rings. The molecule has 0 saturated heterocycles. The van der Waals surface area contributed by atoms with Gasteiger partial charge in [-0.05, 0) is 15.9 Å². The summed E-state index contributed by atoms with van der Waals surface area (Å²) in [6.45, 7) is 0. The van der Waals surface area contributed by atoms with Gasteiger partial charge in [-0.25, -0.2) is 17.6 Å². The van der Waals surface area contributed by atoms with E-state index in [1.165, 1.54) is 7.05 Å². The van der Waals surface area contributed by atoms with Gasteiger partial charge in [-0.2, -0.15) is 5.10 Å². The minimum atomic E-state index is -1.87. The maximum Gasteiger partial charge on any atom is 0.320 e. The molecule has 0 unspecified atom stereocenters. The summed E-state index contributed by atoms with van der Waals surface area (Å²) in [5.41, 5.74) is -2.95. The maximum atomic E-state index is 13.7. The Bertz CT molecular complexity index is 810. The molecule has 122 valence electrons. The van der Waals surface area contributed by atoms with E-state index < -0.39 is 55.6 Å². The van der Waals surface area contributed by atoms with Gasteiger partial charge in [-0.15, -0.1) is 0 Å². The lowest BCUT2D eigenvalue weighted by atomic mass is 10.2. The first-order valence-corrected chi connectivity index (χ1v) is 6.45. The number of hydrogen-bond donors (Lipinski definition) is 1. The molecule has 0 radical (unpaired) electrons. The van der Waals surface area contributed by atoms with Gasteiger partial charge in [0.15, 0.2) is 23.3 Å². The molecule has 0 fully saturated rings. The Morgan fingerprint density at radius 3 is 2.26 bits per heavy atom. The average molecular weight is 397 g/mol. The van der Waals surface area contributed by atoms with Crippen LogP contribution in [0.3, 0.4) is 0 Å². The lowest BCUT2D eigenvalue weighted by Gasteiger charge is -2.09. The maximum absolute atomic E-state index is 13.7. The summed E-state index contributed by atoms with van der Waals surface area (Å²) in [7, 11) is 1.27. The van der Waals surface area contributed by atoms with Gasteiger partial charge >= 0.3 is 5.69 Å². The van der Waals surface area contributed by atoms with Gasteiger partial charge < -0.3 is 5.32 Å². The number of nitrogens with one attached hydrogen (secondary N) is 1. The van der Waals surface area contributed by atoms with Crippen LogP contribution in [0.1, 0.15) is 10.5 Å². The molecule has 0 atom stereocenters. The van der Waals surface area contributed by atoms with Crippen molar-refractivity contribution in [3.8, 4) is 0 Å². The second-order valence-electron chi connectivity index (χ2n) is 4.19. The molecule has 2 rings (SSSR count). The summed E-state index contributed by atoms with van der Waals surface area (Å²) < 4.78 is 53.9. The number of halogens is 5. The van der Waals surface area contributed by atoms with Crippen molar-refractivity contribution < 1.29 is 27.3 Å². The van der Waals surface area contributed by atoms with E-state index in [0.717, 1.165) is 10.9 Å². The van der Waals surface area contributed by atoms with Crippen LogP contribution in [0.5, 0.6) is 0 Å². The Morgan fingerprint density at radius 1 is 1.26 bits per heavy atom. The standard InChI is InChI=1S/C11H5BrF4N4O3/c1-19-2-3(20(22)23)9(18-19)11(21)17-10-7(15)5(13)4(12)6(14)8(10)16/h2H,1H3,(H,17,21). The average Bonchev–Trinajstić information content (AvgIpc) is 2.90. The molecule has 12 heteroatoms. The monoisotopic (exact) mass is 396 g/mol. The lowest BCUT2D eigenvalue weighted by molar-refractivity contribution is -0.385. The van der Waals surface area contributed by atoms with Crippen molar-refractivity contribution in [3.63, 3.8) is 0 Å². The molecule has 1 aromatic carbocycles. The van der Waals surface area contributed by atoms with E-state index in [0.29, 0.717) is 0 Å². The van der Waals surface area contributed by atoms with Crippen LogP contribution < -0.4 is 5.32 Å². The van der Waals surface area contributed by atoms with Crippen molar-refractivity contribution in [2.24, 2.45) is 7.05 Å². The Balaban J connectivity index is 2.49. The molecular formula is C11H5BrF4N4O3. The number of aromatic nitrogens is 2. The van der Waals surface area contributed by atoms with Gasteiger partial charge in [-0.1, -0.05) is 0 Å². The highest BCUT2D eigenvalue weighted by atomic mass is 79.9. The number of benzene rings is 1. The number of rotatable bonds is 3. The van der Waals surface area contributed by atoms with Crippen molar-refractivity contribution in [2.75, 3.05) is 5.32 Å². The third kappa shape index (κ3) is 2.88. The van der Waals surface area contributed by atoms with Gasteiger partial charge in [0.1, 0.15) is 11.9 Å². The minimum absolute atomic E-state index is 0.746. The summed E-state index contributed by atoms with van der Waals surface area (Å²) in [5, 5.41) is 15.8. The van der Waals surface area contributed by atoms with Crippen molar-refractivity contribution in [1.82, 2.24) is 9.78 Å². The molecule has 0 bridgehead atoms. The van der Waals surface area contributed by atoms with Gasteiger partial charge in [-0.3, -0.25) is 19.6 Å². The first-order valence-electron chi connectivity index (χ1n) is 5.66. The normalized spacial score (nSPS) is 10.7. The fraction of sp³-hybridized carbons (Fsp3) is 0.0909. The number of carbonyl (C=O) groups is 1. The number of aryl methyl sites for hydroxylation is 1. The van der Waals surface area contributed by atoms with Gasteiger partial charge in [0, 0.05) is 7.05 Å². The predicted molar refractivity (Wildman–Crippen MR) is 71.8 cm³/mol. The zero-order valence-corrected chi connectivity index (χ0v) is 12.6. The zero-order chi connectivity index (χ0) is 17.5. The van der Waals surface area contributed by atoms with E-state index in [1.54, 1.807) is 5.32 Å². The van der Waals surface area contributed by atoms with Crippen molar-refractivity contribution in [3.05, 3.63) is 49.7 Å². The van der Waals surface area contributed by atoms with E-state index in [2.05, 4.69) is 21.0 Å². The van der Waals surface area contributed by atoms with Crippen molar-refractivity contribution >= 4 is 33.2 Å². The molecule has 0 saturated carbocycles. The van der Waals surface area contributed by atoms with Crippen LogP contribution in [0.2, 0.25) is 0 Å². The molecule has 23 heavy (non-hydrogen) atoms. The number of carbonyl (C=O) groups excluding carboxylic acids is 1. The van der Waals surface area contributed by atoms with Crippen LogP contribution in [-0.4, -0.2) is 20.6 Å². The minimum Gasteiger partial charge on any atom is -0.315 e. The van der Waals surface area contributed by atoms with Crippen LogP contribution in [0.25, 0.3) is 0 Å². The molecular weight excluding hydrogens is 392 g/mol. The van der Waals surface area contributed by atoms with Crippen LogP contribution >= 0.6 is 15.9 Å². The Labute approximate surface area is 133 Å². The fourth-order valence-electron chi connectivity index (χ4n) is 1.66. The molecule has 1 heterocycles. The van der Waals surface area contributed by atoms with Crippen LogP contribution in [-0.2, 0) is 7.05 Å². The van der Waals surface area contributed by atoms with Crippen LogP contribution in [0.4, 0.5) is 28.9 Å². The van der Waals surface area contributed by atoms with Crippen molar-refractivity contribution in [1.29, 1.82) is 0 Å². The van der Waals surface area contributed by atoms with Crippen LogP contribution in [0.15, 0.2) is 10.7 Å². The molecule has 0 aliphatic rings. The first-order chi connectivity index (χ1) is 10.6. The topological polar surface area (TPSA) is 90.1 Å². The van der Waals surface area contributed by atoms with E-state index in [4.69, 9.17) is 0 Å². The smallest absolute Gasteiger partial charge is 0.315 e. The quantitative estimate of drug-likeness (QED) is 0.284. The summed E-state index contributed by atoms with van der Waals surface area (Å²) in [5.74, 6) is -8.69. The van der Waals surface area contributed by atoms with Crippen LogP contribution in [0, 0.1) is 33.4 Å². The third-order valence-corrected chi connectivity index (χ3v) is 3.37. The Hall–Kier alpha value is -2.50. The lowest BCUT2D eigenvalue weighted by Crippen LogP contribution is -2.18. The summed E-state index contributed by atoms with van der Waals surface area (Å²) in [6, 6.07) is 0. The second-order valence-corrected chi connectivity index (χ2v) is 4.99. The molecule has 0 aliphatic carbocycles. The Kier molecular flexibility index (Phi) is 4.36. The van der Waals surface area contributed by atoms with Gasteiger partial charge in [0.25, 0.3) is 5.91 Å². The highest BCUT2D eigenvalue weighted by Crippen LogP contribution is 2.32. The van der Waals surface area contributed by atoms with Gasteiger partial charge in [0.2, 0.25) is 5.69 Å². The largest absolute Gasteiger partial charge is 0.320 e. The number of nitrogens with zero attached hydrogens (tertiary/aromatic N) is 3. The highest BCUT2D eigenvalue weighted by Gasteiger charge is 2.29. The van der Waals surface area contributed by atoms with E-state index in [9.17, 15) is 32.5 Å². The third-order valence-electron chi connectivity index (χ3n) is 2.67. The molecule has 1 amide bonds. The zero-order valence-electron chi connectivity index (χ0n) is 11.0. The number of anilines is 1. The number of amides is 1. The molecule has 0 aliphatic heterocycles. The summed E-state index contributed by atoms with van der Waals surface area (Å²) >= 11 is 2.31. The Morgan fingerprint density at radius 2 is 1.78 bits per heavy atom.